The summed E-state index contributed by atoms with van der Waals surface area (Å²) in [5, 5.41) is 0. The minimum Gasteiger partial charge on any atom is -0.382 e. The van der Waals surface area contributed by atoms with Crippen molar-refractivity contribution in [1.29, 1.82) is 0 Å². The predicted octanol–water partition coefficient (Wildman–Crippen LogP) is 2.42. The van der Waals surface area contributed by atoms with Crippen LogP contribution < -0.4 is 5.73 Å². The van der Waals surface area contributed by atoms with Crippen LogP contribution in [0.1, 0.15) is 30.5 Å². The molecule has 0 aromatic heterocycles. The Morgan fingerprint density at radius 1 is 1.36 bits per heavy atom. The largest absolute Gasteiger partial charge is 0.382 e. The maximum absolute atomic E-state index is 6.09. The Hall–Kier alpha value is -0.860. The van der Waals surface area contributed by atoms with Crippen LogP contribution in [0.4, 0.5) is 0 Å². The minimum absolute atomic E-state index is 0.0751. The molecular weight excluding hydrogens is 174 g/mol. The highest BCUT2D eigenvalue weighted by molar-refractivity contribution is 5.28. The number of nitrogens with two attached hydrogens (primary N) is 1. The summed E-state index contributed by atoms with van der Waals surface area (Å²) in [7, 11) is 1.72. The summed E-state index contributed by atoms with van der Waals surface area (Å²) in [5.74, 6) is 0. The van der Waals surface area contributed by atoms with Gasteiger partial charge in [-0.3, -0.25) is 0 Å². The summed E-state index contributed by atoms with van der Waals surface area (Å²) in [6, 6.07) is 8.31. The molecule has 2 N–H and O–H groups in total. The molecular formula is C12H19NO. The van der Waals surface area contributed by atoms with Gasteiger partial charge in [-0.1, -0.05) is 24.3 Å². The second-order valence-electron chi connectivity index (χ2n) is 3.75. The lowest BCUT2D eigenvalue weighted by Gasteiger charge is -2.18. The summed E-state index contributed by atoms with van der Waals surface area (Å²) in [5.41, 5.74) is 8.56. The highest BCUT2D eigenvalue weighted by atomic mass is 16.5. The highest BCUT2D eigenvalue weighted by Gasteiger charge is 2.11. The zero-order valence-electron chi connectivity index (χ0n) is 9.16. The Morgan fingerprint density at radius 2 is 2.00 bits per heavy atom. The molecule has 1 rings (SSSR count). The van der Waals surface area contributed by atoms with Crippen LogP contribution in [0, 0.1) is 6.92 Å². The molecule has 2 unspecified atom stereocenters. The Morgan fingerprint density at radius 3 is 2.57 bits per heavy atom. The van der Waals surface area contributed by atoms with E-state index in [1.165, 1.54) is 11.1 Å². The van der Waals surface area contributed by atoms with Gasteiger partial charge in [0.15, 0.2) is 0 Å². The average Bonchev–Trinajstić information content (AvgIpc) is 2.18. The lowest BCUT2D eigenvalue weighted by molar-refractivity contribution is 0.104. The van der Waals surface area contributed by atoms with E-state index in [9.17, 15) is 0 Å². The van der Waals surface area contributed by atoms with Crippen LogP contribution in [0.15, 0.2) is 24.3 Å². The Kier molecular flexibility index (Phi) is 4.11. The molecule has 0 heterocycles. The average molecular weight is 193 g/mol. The quantitative estimate of drug-likeness (QED) is 0.797. The number of hydrogen-bond donors (Lipinski definition) is 1. The van der Waals surface area contributed by atoms with Crippen molar-refractivity contribution in [1.82, 2.24) is 0 Å². The molecule has 0 aliphatic heterocycles. The van der Waals surface area contributed by atoms with Gasteiger partial charge in [-0.15, -0.1) is 0 Å². The molecule has 2 nitrogen and oxygen atoms in total. The van der Waals surface area contributed by atoms with Gasteiger partial charge < -0.3 is 10.5 Å². The van der Waals surface area contributed by atoms with Gasteiger partial charge in [-0.2, -0.15) is 0 Å². The number of aryl methyl sites for hydroxylation is 1. The molecule has 1 aromatic carbocycles. The standard InChI is InChI=1S/C12H19NO/c1-9-6-4-5-7-11(9)12(13)8-10(2)14-3/h4-7,10,12H,8,13H2,1-3H3. The second-order valence-corrected chi connectivity index (χ2v) is 3.75. The number of methoxy groups -OCH3 is 1. The van der Waals surface area contributed by atoms with Crippen LogP contribution in [0.2, 0.25) is 0 Å². The highest BCUT2D eigenvalue weighted by Crippen LogP contribution is 2.19. The molecule has 0 saturated heterocycles. The van der Waals surface area contributed by atoms with E-state index < -0.39 is 0 Å². The Balaban J connectivity index is 2.69. The van der Waals surface area contributed by atoms with Crippen molar-refractivity contribution in [2.45, 2.75) is 32.4 Å². The molecule has 0 bridgehead atoms. The summed E-state index contributed by atoms with van der Waals surface area (Å²) in [6.45, 7) is 4.13. The van der Waals surface area contributed by atoms with Gasteiger partial charge in [0.2, 0.25) is 0 Å². The van der Waals surface area contributed by atoms with Crippen LogP contribution in [-0.2, 0) is 4.74 Å². The first-order chi connectivity index (χ1) is 6.65. The summed E-state index contributed by atoms with van der Waals surface area (Å²) in [4.78, 5) is 0. The maximum Gasteiger partial charge on any atom is 0.0561 e. The summed E-state index contributed by atoms with van der Waals surface area (Å²) >= 11 is 0. The third-order valence-electron chi connectivity index (χ3n) is 2.58. The van der Waals surface area contributed by atoms with Gasteiger partial charge in [-0.05, 0) is 31.4 Å². The molecule has 14 heavy (non-hydrogen) atoms. The SMILES string of the molecule is COC(C)CC(N)c1ccccc1C. The normalized spacial score (nSPS) is 15.1. The minimum atomic E-state index is 0.0751. The van der Waals surface area contributed by atoms with Gasteiger partial charge in [0.1, 0.15) is 0 Å². The molecule has 0 aliphatic rings. The fraction of sp³-hybridized carbons (Fsp3) is 0.500. The van der Waals surface area contributed by atoms with Crippen molar-refractivity contribution in [2.24, 2.45) is 5.73 Å². The first kappa shape index (κ1) is 11.2. The lowest BCUT2D eigenvalue weighted by Crippen LogP contribution is -2.18. The van der Waals surface area contributed by atoms with Crippen LogP contribution in [0.25, 0.3) is 0 Å². The van der Waals surface area contributed by atoms with Crippen molar-refractivity contribution in [2.75, 3.05) is 7.11 Å². The monoisotopic (exact) mass is 193 g/mol. The van der Waals surface area contributed by atoms with Gasteiger partial charge in [0.05, 0.1) is 6.10 Å². The van der Waals surface area contributed by atoms with Crippen LogP contribution in [0.5, 0.6) is 0 Å². The van der Waals surface area contributed by atoms with Crippen molar-refractivity contribution in [3.05, 3.63) is 35.4 Å². The van der Waals surface area contributed by atoms with Gasteiger partial charge in [-0.25, -0.2) is 0 Å². The Labute approximate surface area is 86.1 Å². The summed E-state index contributed by atoms with van der Waals surface area (Å²) in [6.07, 6.45) is 1.08. The molecule has 2 atom stereocenters. The van der Waals surface area contributed by atoms with Crippen LogP contribution in [0.3, 0.4) is 0 Å². The smallest absolute Gasteiger partial charge is 0.0561 e. The third kappa shape index (κ3) is 2.82. The van der Waals surface area contributed by atoms with Gasteiger partial charge in [0.25, 0.3) is 0 Å². The topological polar surface area (TPSA) is 35.2 Å². The fourth-order valence-corrected chi connectivity index (χ4v) is 1.58. The maximum atomic E-state index is 6.09. The lowest BCUT2D eigenvalue weighted by atomic mass is 9.98. The van der Waals surface area contributed by atoms with Crippen molar-refractivity contribution in [3.8, 4) is 0 Å². The first-order valence-corrected chi connectivity index (χ1v) is 4.99. The van der Waals surface area contributed by atoms with Crippen molar-refractivity contribution < 1.29 is 4.74 Å². The fourth-order valence-electron chi connectivity index (χ4n) is 1.58. The number of hydrogen-bond acceptors (Lipinski definition) is 2. The molecule has 2 heteroatoms. The molecule has 0 aliphatic carbocycles. The zero-order valence-corrected chi connectivity index (χ0v) is 9.16. The number of rotatable bonds is 4. The molecule has 0 amide bonds. The molecule has 0 saturated carbocycles. The van der Waals surface area contributed by atoms with E-state index in [1.807, 2.05) is 19.1 Å². The van der Waals surface area contributed by atoms with Crippen molar-refractivity contribution >= 4 is 0 Å². The zero-order chi connectivity index (χ0) is 10.6. The van der Waals surface area contributed by atoms with Gasteiger partial charge in [0, 0.05) is 13.2 Å². The number of ether oxygens (including phenoxy) is 1. The predicted molar refractivity (Wildman–Crippen MR) is 59.2 cm³/mol. The first-order valence-electron chi connectivity index (χ1n) is 4.99. The van der Waals surface area contributed by atoms with E-state index >= 15 is 0 Å². The third-order valence-corrected chi connectivity index (χ3v) is 2.58. The van der Waals surface area contributed by atoms with Crippen LogP contribution in [-0.4, -0.2) is 13.2 Å². The van der Waals surface area contributed by atoms with E-state index in [0.717, 1.165) is 6.42 Å². The van der Waals surface area contributed by atoms with Crippen LogP contribution >= 0.6 is 0 Å². The van der Waals surface area contributed by atoms with E-state index in [4.69, 9.17) is 10.5 Å². The van der Waals surface area contributed by atoms with E-state index in [0.29, 0.717) is 0 Å². The second kappa shape index (κ2) is 5.13. The molecule has 0 fully saturated rings. The molecule has 78 valence electrons. The molecule has 1 aromatic rings. The van der Waals surface area contributed by atoms with Gasteiger partial charge >= 0.3 is 0 Å². The van der Waals surface area contributed by atoms with E-state index in [-0.39, 0.29) is 12.1 Å². The Bertz CT molecular complexity index is 285. The van der Waals surface area contributed by atoms with E-state index in [1.54, 1.807) is 7.11 Å². The summed E-state index contributed by atoms with van der Waals surface area (Å²) < 4.78 is 5.20. The van der Waals surface area contributed by atoms with E-state index in [2.05, 4.69) is 19.1 Å². The number of benzene rings is 1. The molecule has 0 radical (unpaired) electrons. The van der Waals surface area contributed by atoms with Crippen molar-refractivity contribution in [3.63, 3.8) is 0 Å². The molecule has 0 spiro atoms.